The Morgan fingerprint density at radius 2 is 2.60 bits per heavy atom. The van der Waals surface area contributed by atoms with Crippen LogP contribution in [0.1, 0.15) is 22.5 Å². The number of carbonyl (C=O) groups is 1. The summed E-state index contributed by atoms with van der Waals surface area (Å²) >= 11 is 1.15. The average Bonchev–Trinajstić information content (AvgIpc) is 2.81. The third kappa shape index (κ3) is 2.32. The van der Waals surface area contributed by atoms with E-state index in [1.165, 1.54) is 6.20 Å². The second kappa shape index (κ2) is 4.67. The summed E-state index contributed by atoms with van der Waals surface area (Å²) in [5.41, 5.74) is 5.62. The lowest BCUT2D eigenvalue weighted by molar-refractivity contribution is 0.0683. The average molecular weight is 226 g/mol. The minimum absolute atomic E-state index is 0.0446. The second-order valence-electron chi connectivity index (χ2n) is 3.78. The largest absolute Gasteiger partial charge is 0.338 e. The lowest BCUT2D eigenvalue weighted by atomic mass is 9.98. The van der Waals surface area contributed by atoms with E-state index >= 15 is 0 Å². The van der Waals surface area contributed by atoms with Crippen molar-refractivity contribution in [1.29, 1.82) is 0 Å². The Morgan fingerprint density at radius 3 is 3.27 bits per heavy atom. The molecule has 0 radical (unpaired) electrons. The molecule has 5 nitrogen and oxygen atoms in total. The number of likely N-dealkylation sites (tertiary alicyclic amines) is 1. The molecule has 0 spiro atoms. The number of aromatic nitrogens is 2. The third-order valence-corrected chi connectivity index (χ3v) is 3.36. The van der Waals surface area contributed by atoms with Crippen LogP contribution in [0.2, 0.25) is 0 Å². The molecule has 1 amide bonds. The molecule has 1 aromatic rings. The Labute approximate surface area is 92.4 Å². The zero-order chi connectivity index (χ0) is 10.7. The number of nitrogens with zero attached hydrogens (tertiary/aromatic N) is 3. The smallest absolute Gasteiger partial charge is 0.267 e. The molecule has 1 atom stereocenters. The van der Waals surface area contributed by atoms with Crippen molar-refractivity contribution < 1.29 is 4.79 Å². The zero-order valence-corrected chi connectivity index (χ0v) is 9.24. The highest BCUT2D eigenvalue weighted by molar-refractivity contribution is 7.07. The van der Waals surface area contributed by atoms with E-state index in [9.17, 15) is 4.79 Å². The van der Waals surface area contributed by atoms with Crippen molar-refractivity contribution in [3.05, 3.63) is 11.1 Å². The van der Waals surface area contributed by atoms with E-state index in [2.05, 4.69) is 9.59 Å². The molecule has 1 aliphatic heterocycles. The quantitative estimate of drug-likeness (QED) is 0.789. The number of carbonyl (C=O) groups excluding carboxylic acids is 1. The molecule has 15 heavy (non-hydrogen) atoms. The molecule has 0 aromatic carbocycles. The van der Waals surface area contributed by atoms with Crippen molar-refractivity contribution in [1.82, 2.24) is 14.5 Å². The molecule has 1 fully saturated rings. The lowest BCUT2D eigenvalue weighted by Crippen LogP contribution is -2.41. The summed E-state index contributed by atoms with van der Waals surface area (Å²) in [4.78, 5) is 14.4. The third-order valence-electron chi connectivity index (χ3n) is 2.71. The van der Waals surface area contributed by atoms with Gasteiger partial charge in [-0.15, -0.1) is 5.10 Å². The van der Waals surface area contributed by atoms with Gasteiger partial charge >= 0.3 is 0 Å². The van der Waals surface area contributed by atoms with Gasteiger partial charge in [-0.05, 0) is 36.8 Å². The van der Waals surface area contributed by atoms with Gasteiger partial charge in [0.25, 0.3) is 5.91 Å². The van der Waals surface area contributed by atoms with E-state index in [1.807, 2.05) is 4.90 Å². The number of hydrogen-bond donors (Lipinski definition) is 1. The van der Waals surface area contributed by atoms with Crippen LogP contribution in [-0.4, -0.2) is 40.0 Å². The van der Waals surface area contributed by atoms with Gasteiger partial charge in [0.2, 0.25) is 0 Å². The molecular formula is C9H14N4OS. The summed E-state index contributed by atoms with van der Waals surface area (Å²) < 4.78 is 3.70. The number of rotatable bonds is 2. The monoisotopic (exact) mass is 226 g/mol. The van der Waals surface area contributed by atoms with Crippen LogP contribution < -0.4 is 5.73 Å². The number of hydrogen-bond acceptors (Lipinski definition) is 5. The Kier molecular flexibility index (Phi) is 3.27. The summed E-state index contributed by atoms with van der Waals surface area (Å²) in [7, 11) is 0. The Morgan fingerprint density at radius 1 is 1.73 bits per heavy atom. The molecule has 0 saturated carbocycles. The second-order valence-corrected chi connectivity index (χ2v) is 4.56. The van der Waals surface area contributed by atoms with Crippen molar-refractivity contribution in [2.24, 2.45) is 11.7 Å². The fourth-order valence-electron chi connectivity index (χ4n) is 1.86. The standard InChI is InChI=1S/C9H14N4OS/c10-4-7-2-1-3-13(6-7)9(14)8-5-11-12-15-8/h5,7H,1-4,6,10H2. The molecule has 0 aliphatic carbocycles. The van der Waals surface area contributed by atoms with Crippen LogP contribution in [0, 0.1) is 5.92 Å². The molecule has 1 aliphatic rings. The highest BCUT2D eigenvalue weighted by atomic mass is 32.1. The van der Waals surface area contributed by atoms with Crippen LogP contribution in [-0.2, 0) is 0 Å². The summed E-state index contributed by atoms with van der Waals surface area (Å²) in [5, 5.41) is 3.67. The molecule has 1 aromatic heterocycles. The maximum absolute atomic E-state index is 11.9. The first-order valence-corrected chi connectivity index (χ1v) is 5.85. The van der Waals surface area contributed by atoms with E-state index in [0.717, 1.165) is 37.5 Å². The van der Waals surface area contributed by atoms with Crippen molar-refractivity contribution in [2.75, 3.05) is 19.6 Å². The van der Waals surface area contributed by atoms with Crippen molar-refractivity contribution in [2.45, 2.75) is 12.8 Å². The first kappa shape index (κ1) is 10.5. The topological polar surface area (TPSA) is 72.1 Å². The van der Waals surface area contributed by atoms with Crippen LogP contribution in [0.15, 0.2) is 6.20 Å². The lowest BCUT2D eigenvalue weighted by Gasteiger charge is -2.31. The Bertz CT molecular complexity index is 327. The molecule has 2 N–H and O–H groups in total. The Balaban J connectivity index is 2.01. The van der Waals surface area contributed by atoms with Gasteiger partial charge < -0.3 is 10.6 Å². The molecular weight excluding hydrogens is 212 g/mol. The number of piperidine rings is 1. The molecule has 1 unspecified atom stereocenters. The van der Waals surface area contributed by atoms with Gasteiger partial charge in [-0.1, -0.05) is 4.49 Å². The molecule has 2 heterocycles. The number of amides is 1. The van der Waals surface area contributed by atoms with Gasteiger partial charge in [-0.3, -0.25) is 4.79 Å². The molecule has 6 heteroatoms. The molecule has 1 saturated heterocycles. The fourth-order valence-corrected chi connectivity index (χ4v) is 2.34. The van der Waals surface area contributed by atoms with Crippen molar-refractivity contribution >= 4 is 17.4 Å². The normalized spacial score (nSPS) is 21.7. The van der Waals surface area contributed by atoms with Gasteiger partial charge in [-0.25, -0.2) is 0 Å². The van der Waals surface area contributed by atoms with E-state index in [0.29, 0.717) is 17.3 Å². The molecule has 2 rings (SSSR count). The van der Waals surface area contributed by atoms with E-state index in [1.54, 1.807) is 0 Å². The summed E-state index contributed by atoms with van der Waals surface area (Å²) in [6.07, 6.45) is 3.69. The molecule has 0 bridgehead atoms. The highest BCUT2D eigenvalue weighted by Gasteiger charge is 2.24. The predicted molar refractivity (Wildman–Crippen MR) is 57.6 cm³/mol. The van der Waals surface area contributed by atoms with Crippen LogP contribution >= 0.6 is 11.5 Å². The maximum atomic E-state index is 11.9. The minimum Gasteiger partial charge on any atom is -0.338 e. The highest BCUT2D eigenvalue weighted by Crippen LogP contribution is 2.18. The van der Waals surface area contributed by atoms with Gasteiger partial charge in [0.15, 0.2) is 0 Å². The van der Waals surface area contributed by atoms with Crippen molar-refractivity contribution in [3.63, 3.8) is 0 Å². The zero-order valence-electron chi connectivity index (χ0n) is 8.43. The Hall–Kier alpha value is -1.01. The molecule has 82 valence electrons. The SMILES string of the molecule is NCC1CCCN(C(=O)c2cnns2)C1. The predicted octanol–water partition coefficient (Wildman–Crippen LogP) is 0.349. The van der Waals surface area contributed by atoms with Crippen LogP contribution in [0.3, 0.4) is 0 Å². The summed E-state index contributed by atoms with van der Waals surface area (Å²) in [6, 6.07) is 0. The van der Waals surface area contributed by atoms with Crippen molar-refractivity contribution in [3.8, 4) is 0 Å². The summed E-state index contributed by atoms with van der Waals surface area (Å²) in [6.45, 7) is 2.26. The minimum atomic E-state index is 0.0446. The van der Waals surface area contributed by atoms with Gasteiger partial charge in [0.1, 0.15) is 4.88 Å². The van der Waals surface area contributed by atoms with E-state index in [-0.39, 0.29) is 5.91 Å². The van der Waals surface area contributed by atoms with Crippen LogP contribution in [0.4, 0.5) is 0 Å². The fraction of sp³-hybridized carbons (Fsp3) is 0.667. The number of nitrogens with two attached hydrogens (primary N) is 1. The van der Waals surface area contributed by atoms with Gasteiger partial charge in [0.05, 0.1) is 6.20 Å². The van der Waals surface area contributed by atoms with E-state index in [4.69, 9.17) is 5.73 Å². The first-order chi connectivity index (χ1) is 7.31. The van der Waals surface area contributed by atoms with Gasteiger partial charge in [0, 0.05) is 13.1 Å². The van der Waals surface area contributed by atoms with E-state index < -0.39 is 0 Å². The van der Waals surface area contributed by atoms with Gasteiger partial charge in [-0.2, -0.15) is 0 Å². The summed E-state index contributed by atoms with van der Waals surface area (Å²) in [5.74, 6) is 0.492. The maximum Gasteiger partial charge on any atom is 0.267 e. The van der Waals surface area contributed by atoms with Crippen LogP contribution in [0.5, 0.6) is 0 Å². The van der Waals surface area contributed by atoms with Crippen LogP contribution in [0.25, 0.3) is 0 Å². The first-order valence-electron chi connectivity index (χ1n) is 5.08.